The molecule has 2 aromatic carbocycles. The first-order valence-corrected chi connectivity index (χ1v) is 13.3. The lowest BCUT2D eigenvalue weighted by molar-refractivity contribution is 0.933. The topological polar surface area (TPSA) is 38.7 Å². The molecule has 0 atom stereocenters. The van der Waals surface area contributed by atoms with Gasteiger partial charge in [0, 0.05) is 16.4 Å². The van der Waals surface area contributed by atoms with E-state index in [9.17, 15) is 0 Å². The predicted molar refractivity (Wildman–Crippen MR) is 133 cm³/mol. The Morgan fingerprint density at radius 3 is 2.47 bits per heavy atom. The van der Waals surface area contributed by atoms with E-state index in [1.54, 1.807) is 23.3 Å². The molecule has 7 heteroatoms. The SMILES string of the molecule is CC(C)Sc1nc(-c2ccc(CCCSc3cc(-c4ccccc4)ns3)cc2)ns1. The van der Waals surface area contributed by atoms with Crippen molar-refractivity contribution in [2.24, 2.45) is 0 Å². The number of benzene rings is 2. The van der Waals surface area contributed by atoms with E-state index in [0.717, 1.165) is 40.0 Å². The van der Waals surface area contributed by atoms with E-state index in [-0.39, 0.29) is 0 Å². The fourth-order valence-electron chi connectivity index (χ4n) is 2.92. The van der Waals surface area contributed by atoms with E-state index < -0.39 is 0 Å². The lowest BCUT2D eigenvalue weighted by Gasteiger charge is -2.02. The van der Waals surface area contributed by atoms with Crippen LogP contribution in [0.15, 0.2) is 69.2 Å². The van der Waals surface area contributed by atoms with Crippen LogP contribution in [0.4, 0.5) is 0 Å². The molecule has 0 unspecified atom stereocenters. The van der Waals surface area contributed by atoms with Gasteiger partial charge in [-0.15, -0.1) is 11.8 Å². The molecule has 0 aliphatic rings. The summed E-state index contributed by atoms with van der Waals surface area (Å²) in [5, 5.41) is 0.529. The molecule has 4 aromatic rings. The zero-order chi connectivity index (χ0) is 20.8. The second-order valence-electron chi connectivity index (χ2n) is 7.10. The first kappa shape index (κ1) is 21.6. The van der Waals surface area contributed by atoms with Crippen molar-refractivity contribution in [3.8, 4) is 22.6 Å². The first-order valence-electron chi connectivity index (χ1n) is 9.92. The van der Waals surface area contributed by atoms with Gasteiger partial charge in [-0.25, -0.2) is 4.98 Å². The number of nitrogens with zero attached hydrogens (tertiary/aromatic N) is 3. The highest BCUT2D eigenvalue weighted by atomic mass is 32.2. The van der Waals surface area contributed by atoms with Gasteiger partial charge in [0.15, 0.2) is 10.2 Å². The van der Waals surface area contributed by atoms with Crippen LogP contribution in [0.5, 0.6) is 0 Å². The first-order chi connectivity index (χ1) is 14.7. The Labute approximate surface area is 194 Å². The van der Waals surface area contributed by atoms with Crippen molar-refractivity contribution in [1.82, 2.24) is 13.7 Å². The molecule has 0 spiro atoms. The molecular weight excluding hydrogens is 447 g/mol. The van der Waals surface area contributed by atoms with Crippen molar-refractivity contribution in [3.63, 3.8) is 0 Å². The quantitative estimate of drug-likeness (QED) is 0.187. The molecule has 0 N–H and O–H groups in total. The summed E-state index contributed by atoms with van der Waals surface area (Å²) in [5.41, 5.74) is 4.72. The van der Waals surface area contributed by atoms with Crippen LogP contribution in [-0.4, -0.2) is 24.7 Å². The zero-order valence-electron chi connectivity index (χ0n) is 16.9. The molecule has 154 valence electrons. The van der Waals surface area contributed by atoms with Gasteiger partial charge in [-0.3, -0.25) is 0 Å². The van der Waals surface area contributed by atoms with Crippen LogP contribution in [0, 0.1) is 0 Å². The van der Waals surface area contributed by atoms with E-state index in [2.05, 4.69) is 82.2 Å². The summed E-state index contributed by atoms with van der Waals surface area (Å²) in [4.78, 5) is 4.65. The average Bonchev–Trinajstić information content (AvgIpc) is 3.42. The molecule has 0 bridgehead atoms. The van der Waals surface area contributed by atoms with Gasteiger partial charge in [-0.1, -0.05) is 80.2 Å². The summed E-state index contributed by atoms with van der Waals surface area (Å²) < 4.78 is 11.4. The van der Waals surface area contributed by atoms with Crippen LogP contribution in [-0.2, 0) is 6.42 Å². The molecule has 2 aromatic heterocycles. The molecule has 0 fully saturated rings. The fourth-order valence-corrected chi connectivity index (χ4v) is 6.53. The van der Waals surface area contributed by atoms with Crippen molar-refractivity contribution in [2.45, 2.75) is 40.5 Å². The van der Waals surface area contributed by atoms with Gasteiger partial charge >= 0.3 is 0 Å². The lowest BCUT2D eigenvalue weighted by Crippen LogP contribution is -1.89. The molecule has 0 amide bonds. The molecular formula is C23H23N3S4. The Morgan fingerprint density at radius 2 is 1.70 bits per heavy atom. The second-order valence-corrected chi connectivity index (χ2v) is 11.9. The Hall–Kier alpha value is -1.67. The van der Waals surface area contributed by atoms with Gasteiger partial charge in [0.2, 0.25) is 0 Å². The van der Waals surface area contributed by atoms with Crippen LogP contribution in [0.25, 0.3) is 22.6 Å². The van der Waals surface area contributed by atoms with Crippen LogP contribution >= 0.6 is 46.6 Å². The van der Waals surface area contributed by atoms with Gasteiger partial charge in [0.25, 0.3) is 0 Å². The maximum Gasteiger partial charge on any atom is 0.174 e. The normalized spacial score (nSPS) is 11.3. The zero-order valence-corrected chi connectivity index (χ0v) is 20.2. The van der Waals surface area contributed by atoms with Crippen LogP contribution in [0.3, 0.4) is 0 Å². The minimum absolute atomic E-state index is 0.529. The third-order valence-electron chi connectivity index (χ3n) is 4.37. The van der Waals surface area contributed by atoms with E-state index in [0.29, 0.717) is 5.25 Å². The highest BCUT2D eigenvalue weighted by Crippen LogP contribution is 2.30. The van der Waals surface area contributed by atoms with Crippen LogP contribution < -0.4 is 0 Å². The summed E-state index contributed by atoms with van der Waals surface area (Å²) in [6.07, 6.45) is 2.23. The highest BCUT2D eigenvalue weighted by molar-refractivity contribution is 8.01. The minimum atomic E-state index is 0.529. The highest BCUT2D eigenvalue weighted by Gasteiger charge is 2.09. The third kappa shape index (κ3) is 5.94. The minimum Gasteiger partial charge on any atom is -0.208 e. The van der Waals surface area contributed by atoms with Gasteiger partial charge in [-0.05, 0) is 53.3 Å². The summed E-state index contributed by atoms with van der Waals surface area (Å²) in [7, 11) is 0. The molecule has 0 saturated carbocycles. The van der Waals surface area contributed by atoms with E-state index in [1.165, 1.54) is 26.9 Å². The Morgan fingerprint density at radius 1 is 0.900 bits per heavy atom. The van der Waals surface area contributed by atoms with E-state index >= 15 is 0 Å². The van der Waals surface area contributed by atoms with Crippen molar-refractivity contribution < 1.29 is 0 Å². The van der Waals surface area contributed by atoms with Crippen molar-refractivity contribution >= 4 is 46.6 Å². The molecule has 0 aliphatic carbocycles. The lowest BCUT2D eigenvalue weighted by atomic mass is 10.1. The second kappa shape index (κ2) is 10.6. The fraction of sp³-hybridized carbons (Fsp3) is 0.261. The van der Waals surface area contributed by atoms with Gasteiger partial charge in [-0.2, -0.15) is 8.75 Å². The van der Waals surface area contributed by atoms with Gasteiger partial charge in [0.05, 0.1) is 9.90 Å². The molecule has 4 rings (SSSR count). The predicted octanol–water partition coefficient (Wildman–Crippen LogP) is 7.55. The molecule has 30 heavy (non-hydrogen) atoms. The molecule has 0 radical (unpaired) electrons. The summed E-state index contributed by atoms with van der Waals surface area (Å²) in [5.74, 6) is 1.94. The van der Waals surface area contributed by atoms with Gasteiger partial charge in [0.1, 0.15) is 0 Å². The van der Waals surface area contributed by atoms with Gasteiger partial charge < -0.3 is 0 Å². The molecule has 2 heterocycles. The average molecular weight is 470 g/mol. The number of aromatic nitrogens is 3. The molecule has 0 aliphatic heterocycles. The Balaban J connectivity index is 1.25. The van der Waals surface area contributed by atoms with Crippen molar-refractivity contribution in [3.05, 3.63) is 66.2 Å². The smallest absolute Gasteiger partial charge is 0.174 e. The maximum absolute atomic E-state index is 4.65. The van der Waals surface area contributed by atoms with Crippen molar-refractivity contribution in [2.75, 3.05) is 5.75 Å². The van der Waals surface area contributed by atoms with E-state index in [4.69, 9.17) is 0 Å². The number of aryl methyl sites for hydroxylation is 1. The standard InChI is InChI=1S/C23H23N3S4/c1-16(2)28-23-24-22(26-30-23)19-12-10-17(11-13-19)7-6-14-27-21-15-20(25-29-21)18-8-4-3-5-9-18/h3-5,8-13,15-16H,6-7,14H2,1-2H3. The maximum atomic E-state index is 4.65. The summed E-state index contributed by atoms with van der Waals surface area (Å²) >= 11 is 6.75. The Kier molecular flexibility index (Phi) is 7.60. The van der Waals surface area contributed by atoms with Crippen molar-refractivity contribution in [1.29, 1.82) is 0 Å². The Bertz CT molecular complexity index is 1060. The summed E-state index contributed by atoms with van der Waals surface area (Å²) in [6, 6.07) is 21.3. The largest absolute Gasteiger partial charge is 0.208 e. The number of rotatable bonds is 9. The number of thioether (sulfide) groups is 2. The number of hydrogen-bond donors (Lipinski definition) is 0. The third-order valence-corrected chi connectivity index (χ3v) is 8.21. The number of hydrogen-bond acceptors (Lipinski definition) is 7. The monoisotopic (exact) mass is 469 g/mol. The molecule has 3 nitrogen and oxygen atoms in total. The molecule has 0 saturated heterocycles. The van der Waals surface area contributed by atoms with Crippen LogP contribution in [0.2, 0.25) is 0 Å². The summed E-state index contributed by atoms with van der Waals surface area (Å²) in [6.45, 7) is 4.35. The van der Waals surface area contributed by atoms with E-state index in [1.807, 2.05) is 17.8 Å². The van der Waals surface area contributed by atoms with Crippen LogP contribution in [0.1, 0.15) is 25.8 Å².